The molecule has 0 spiro atoms. The number of ether oxygens (including phenoxy) is 1. The zero-order chi connectivity index (χ0) is 16.0. The summed E-state index contributed by atoms with van der Waals surface area (Å²) in [5, 5.41) is 0. The molecular weight excluding hydrogens is 290 g/mol. The number of hydrogen-bond donors (Lipinski definition) is 0. The summed E-state index contributed by atoms with van der Waals surface area (Å²) in [6.07, 6.45) is -0.339. The summed E-state index contributed by atoms with van der Waals surface area (Å²) in [6, 6.07) is 17.3. The maximum absolute atomic E-state index is 12.9. The van der Waals surface area contributed by atoms with Gasteiger partial charge >= 0.3 is 0 Å². The number of nitrogens with zero attached hydrogens (tertiary/aromatic N) is 1. The third-order valence-electron chi connectivity index (χ3n) is 4.84. The van der Waals surface area contributed by atoms with E-state index in [-0.39, 0.29) is 17.9 Å². The molecule has 4 heteroatoms. The summed E-state index contributed by atoms with van der Waals surface area (Å²) in [7, 11) is 1.60. The van der Waals surface area contributed by atoms with E-state index >= 15 is 0 Å². The van der Waals surface area contributed by atoms with Crippen LogP contribution in [-0.4, -0.2) is 23.8 Å². The average molecular weight is 307 g/mol. The minimum atomic E-state index is -0.436. The van der Waals surface area contributed by atoms with Crippen molar-refractivity contribution >= 4 is 11.8 Å². The lowest BCUT2D eigenvalue weighted by atomic mass is 9.94. The fourth-order valence-electron chi connectivity index (χ4n) is 3.83. The van der Waals surface area contributed by atoms with E-state index < -0.39 is 11.8 Å². The van der Waals surface area contributed by atoms with Crippen LogP contribution < -0.4 is 0 Å². The summed E-state index contributed by atoms with van der Waals surface area (Å²) in [5.74, 6) is -1.09. The lowest BCUT2D eigenvalue weighted by Gasteiger charge is -2.19. The first-order valence-electron chi connectivity index (χ1n) is 7.73. The van der Waals surface area contributed by atoms with Crippen LogP contribution in [0.15, 0.2) is 54.6 Å². The third-order valence-corrected chi connectivity index (χ3v) is 4.84. The Bertz CT molecular complexity index is 771. The van der Waals surface area contributed by atoms with Crippen LogP contribution in [0.5, 0.6) is 0 Å². The van der Waals surface area contributed by atoms with E-state index in [9.17, 15) is 9.59 Å². The number of carbonyl (C=O) groups is 2. The molecule has 0 radical (unpaired) electrons. The van der Waals surface area contributed by atoms with Crippen molar-refractivity contribution in [1.82, 2.24) is 4.90 Å². The average Bonchev–Trinajstić information content (AvgIpc) is 3.04. The topological polar surface area (TPSA) is 46.6 Å². The molecule has 2 amide bonds. The predicted molar refractivity (Wildman–Crippen MR) is 84.4 cm³/mol. The largest absolute Gasteiger partial charge is 0.376 e. The molecule has 116 valence electrons. The normalized spacial score (nSPS) is 25.6. The van der Waals surface area contributed by atoms with Crippen molar-refractivity contribution in [3.05, 3.63) is 71.3 Å². The van der Waals surface area contributed by atoms with Gasteiger partial charge in [0.2, 0.25) is 11.8 Å². The van der Waals surface area contributed by atoms with Gasteiger partial charge in [-0.05, 0) is 16.7 Å². The molecular formula is C19H17NO3. The molecule has 0 bridgehead atoms. The Morgan fingerprint density at radius 1 is 0.913 bits per heavy atom. The Morgan fingerprint density at radius 2 is 1.57 bits per heavy atom. The first kappa shape index (κ1) is 14.2. The predicted octanol–water partition coefficient (Wildman–Crippen LogP) is 2.66. The van der Waals surface area contributed by atoms with Crippen LogP contribution in [-0.2, 0) is 20.9 Å². The van der Waals surface area contributed by atoms with Crippen molar-refractivity contribution in [2.75, 3.05) is 7.11 Å². The van der Waals surface area contributed by atoms with Crippen molar-refractivity contribution in [1.29, 1.82) is 0 Å². The van der Waals surface area contributed by atoms with Gasteiger partial charge in [0.05, 0.1) is 24.5 Å². The van der Waals surface area contributed by atoms with E-state index in [0.717, 1.165) is 16.7 Å². The highest BCUT2D eigenvalue weighted by Crippen LogP contribution is 2.52. The summed E-state index contributed by atoms with van der Waals surface area (Å²) in [4.78, 5) is 27.1. The van der Waals surface area contributed by atoms with E-state index in [4.69, 9.17) is 4.74 Å². The van der Waals surface area contributed by atoms with Gasteiger partial charge in [0.25, 0.3) is 0 Å². The molecule has 2 aromatic carbocycles. The number of hydrogen-bond acceptors (Lipinski definition) is 3. The van der Waals surface area contributed by atoms with Crippen LogP contribution in [0.2, 0.25) is 0 Å². The number of likely N-dealkylation sites (tertiary alicyclic amines) is 1. The highest BCUT2D eigenvalue weighted by Gasteiger charge is 2.57. The van der Waals surface area contributed by atoms with Gasteiger partial charge in [-0.3, -0.25) is 14.5 Å². The molecule has 0 saturated carbocycles. The SMILES string of the molecule is COC1c2ccccc2C2C(=O)N(Cc3ccccc3)C(=O)C12. The number of rotatable bonds is 3. The first-order chi connectivity index (χ1) is 11.2. The number of carbonyl (C=O) groups excluding carboxylic acids is 2. The van der Waals surface area contributed by atoms with Gasteiger partial charge in [-0.25, -0.2) is 0 Å². The van der Waals surface area contributed by atoms with Crippen LogP contribution in [0.3, 0.4) is 0 Å². The van der Waals surface area contributed by atoms with Crippen molar-refractivity contribution in [3.63, 3.8) is 0 Å². The van der Waals surface area contributed by atoms with E-state index in [1.54, 1.807) is 7.11 Å². The molecule has 4 nitrogen and oxygen atoms in total. The summed E-state index contributed by atoms with van der Waals surface area (Å²) in [5.41, 5.74) is 2.85. The van der Waals surface area contributed by atoms with Crippen LogP contribution in [0, 0.1) is 5.92 Å². The molecule has 1 heterocycles. The minimum absolute atomic E-state index is 0.115. The first-order valence-corrected chi connectivity index (χ1v) is 7.73. The van der Waals surface area contributed by atoms with E-state index in [1.165, 1.54) is 4.90 Å². The molecule has 2 aromatic rings. The van der Waals surface area contributed by atoms with Crippen molar-refractivity contribution in [2.45, 2.75) is 18.6 Å². The maximum Gasteiger partial charge on any atom is 0.237 e. The van der Waals surface area contributed by atoms with Gasteiger partial charge in [0.1, 0.15) is 0 Å². The monoisotopic (exact) mass is 307 g/mol. The van der Waals surface area contributed by atoms with E-state index in [2.05, 4.69) is 0 Å². The lowest BCUT2D eigenvalue weighted by molar-refractivity contribution is -0.141. The van der Waals surface area contributed by atoms with Crippen molar-refractivity contribution in [2.24, 2.45) is 5.92 Å². The Balaban J connectivity index is 1.71. The van der Waals surface area contributed by atoms with Gasteiger partial charge < -0.3 is 4.74 Å². The van der Waals surface area contributed by atoms with Crippen molar-refractivity contribution < 1.29 is 14.3 Å². The highest BCUT2D eigenvalue weighted by atomic mass is 16.5. The summed E-state index contributed by atoms with van der Waals surface area (Å²) < 4.78 is 5.57. The molecule has 1 aliphatic heterocycles. The van der Waals surface area contributed by atoms with Gasteiger partial charge in [-0.2, -0.15) is 0 Å². The van der Waals surface area contributed by atoms with Gasteiger partial charge in [0.15, 0.2) is 0 Å². The molecule has 4 rings (SSSR count). The molecule has 3 unspecified atom stereocenters. The van der Waals surface area contributed by atoms with Crippen LogP contribution in [0.1, 0.15) is 28.7 Å². The van der Waals surface area contributed by atoms with Gasteiger partial charge in [-0.1, -0.05) is 54.6 Å². The summed E-state index contributed by atoms with van der Waals surface area (Å²) in [6.45, 7) is 0.324. The molecule has 3 atom stereocenters. The number of fused-ring (bicyclic) bond motifs is 3. The molecule has 0 aromatic heterocycles. The smallest absolute Gasteiger partial charge is 0.237 e. The Labute approximate surface area is 134 Å². The number of benzene rings is 2. The standard InChI is InChI=1S/C19H17NO3/c1-23-17-14-10-6-5-9-13(14)15-16(17)19(22)20(18(15)21)11-12-7-3-2-4-8-12/h2-10,15-17H,11H2,1H3. The quantitative estimate of drug-likeness (QED) is 0.819. The zero-order valence-corrected chi connectivity index (χ0v) is 12.8. The van der Waals surface area contributed by atoms with Crippen LogP contribution >= 0.6 is 0 Å². The Kier molecular flexibility index (Phi) is 3.27. The summed E-state index contributed by atoms with van der Waals surface area (Å²) >= 11 is 0. The number of amides is 2. The second-order valence-corrected chi connectivity index (χ2v) is 6.04. The molecule has 2 aliphatic rings. The zero-order valence-electron chi connectivity index (χ0n) is 12.8. The molecule has 1 aliphatic carbocycles. The Morgan fingerprint density at radius 3 is 2.26 bits per heavy atom. The minimum Gasteiger partial charge on any atom is -0.376 e. The third kappa shape index (κ3) is 2.02. The Hall–Kier alpha value is -2.46. The number of methoxy groups -OCH3 is 1. The fourth-order valence-corrected chi connectivity index (χ4v) is 3.83. The second-order valence-electron chi connectivity index (χ2n) is 6.04. The van der Waals surface area contributed by atoms with Gasteiger partial charge in [-0.15, -0.1) is 0 Å². The molecule has 0 N–H and O–H groups in total. The van der Waals surface area contributed by atoms with Gasteiger partial charge in [0, 0.05) is 7.11 Å². The van der Waals surface area contributed by atoms with Crippen molar-refractivity contribution in [3.8, 4) is 0 Å². The molecule has 1 fully saturated rings. The molecule has 23 heavy (non-hydrogen) atoms. The lowest BCUT2D eigenvalue weighted by Crippen LogP contribution is -2.32. The van der Waals surface area contributed by atoms with E-state index in [0.29, 0.717) is 6.54 Å². The fraction of sp³-hybridized carbons (Fsp3) is 0.263. The van der Waals surface area contributed by atoms with Crippen LogP contribution in [0.4, 0.5) is 0 Å². The maximum atomic E-state index is 12.9. The van der Waals surface area contributed by atoms with E-state index in [1.807, 2.05) is 54.6 Å². The molecule has 1 saturated heterocycles. The van der Waals surface area contributed by atoms with Crippen LogP contribution in [0.25, 0.3) is 0 Å². The number of imide groups is 1. The highest BCUT2D eigenvalue weighted by molar-refractivity contribution is 6.09. The second kappa shape index (κ2) is 5.32.